The summed E-state index contributed by atoms with van der Waals surface area (Å²) < 4.78 is 10.6. The Labute approximate surface area is 96.0 Å². The van der Waals surface area contributed by atoms with Gasteiger partial charge >= 0.3 is 0 Å². The van der Waals surface area contributed by atoms with Crippen LogP contribution in [0.15, 0.2) is 12.3 Å². The molecule has 0 aromatic carbocycles. The fourth-order valence-electron chi connectivity index (χ4n) is 1.88. The molecule has 2 rings (SSSR count). The molecular formula is C12H18N2O2. The van der Waals surface area contributed by atoms with E-state index < -0.39 is 0 Å². The van der Waals surface area contributed by atoms with Crippen molar-refractivity contribution >= 4 is 5.69 Å². The van der Waals surface area contributed by atoms with Crippen molar-refractivity contribution < 1.29 is 9.47 Å². The van der Waals surface area contributed by atoms with Gasteiger partial charge in [0, 0.05) is 24.9 Å². The van der Waals surface area contributed by atoms with Crippen molar-refractivity contribution in [3.05, 3.63) is 18.0 Å². The molecule has 0 bridgehead atoms. The van der Waals surface area contributed by atoms with Crippen LogP contribution >= 0.6 is 0 Å². The third-order valence-electron chi connectivity index (χ3n) is 2.80. The summed E-state index contributed by atoms with van der Waals surface area (Å²) >= 11 is 0. The number of anilines is 1. The molecule has 0 saturated carbocycles. The molecule has 0 unspecified atom stereocenters. The Bertz CT molecular complexity index is 349. The smallest absolute Gasteiger partial charge is 0.160 e. The fourth-order valence-corrected chi connectivity index (χ4v) is 1.88. The maximum Gasteiger partial charge on any atom is 0.160 e. The first kappa shape index (κ1) is 11.2. The second kappa shape index (κ2) is 5.16. The minimum absolute atomic E-state index is 0.476. The van der Waals surface area contributed by atoms with Crippen LogP contribution in [0.2, 0.25) is 0 Å². The number of aryl methyl sites for hydroxylation is 1. The van der Waals surface area contributed by atoms with Crippen molar-refractivity contribution in [1.29, 1.82) is 0 Å². The zero-order chi connectivity index (χ0) is 11.4. The summed E-state index contributed by atoms with van der Waals surface area (Å²) in [4.78, 5) is 4.21. The molecule has 88 valence electrons. The van der Waals surface area contributed by atoms with Crippen molar-refractivity contribution in [3.63, 3.8) is 0 Å². The van der Waals surface area contributed by atoms with Gasteiger partial charge in [0.1, 0.15) is 0 Å². The Balaban J connectivity index is 2.09. The van der Waals surface area contributed by atoms with Crippen molar-refractivity contribution in [1.82, 2.24) is 4.98 Å². The lowest BCUT2D eigenvalue weighted by atomic mass is 10.1. The van der Waals surface area contributed by atoms with Gasteiger partial charge in [-0.1, -0.05) is 0 Å². The Morgan fingerprint density at radius 2 is 2.19 bits per heavy atom. The number of hydrogen-bond acceptors (Lipinski definition) is 4. The Morgan fingerprint density at radius 3 is 2.88 bits per heavy atom. The van der Waals surface area contributed by atoms with E-state index in [0.29, 0.717) is 6.04 Å². The number of hydrogen-bond donors (Lipinski definition) is 1. The van der Waals surface area contributed by atoms with E-state index in [4.69, 9.17) is 9.47 Å². The summed E-state index contributed by atoms with van der Waals surface area (Å²) in [6.45, 7) is 3.66. The third-order valence-corrected chi connectivity index (χ3v) is 2.80. The summed E-state index contributed by atoms with van der Waals surface area (Å²) in [5.41, 5.74) is 2.03. The zero-order valence-electron chi connectivity index (χ0n) is 9.82. The predicted octanol–water partition coefficient (Wildman–Crippen LogP) is 1.99. The van der Waals surface area contributed by atoms with E-state index in [0.717, 1.165) is 43.2 Å². The topological polar surface area (TPSA) is 43.4 Å². The lowest BCUT2D eigenvalue weighted by Gasteiger charge is -2.25. The van der Waals surface area contributed by atoms with Crippen LogP contribution in [0.4, 0.5) is 5.69 Å². The molecule has 1 fully saturated rings. The molecular weight excluding hydrogens is 204 g/mol. The van der Waals surface area contributed by atoms with Gasteiger partial charge in [-0.25, -0.2) is 0 Å². The van der Waals surface area contributed by atoms with E-state index in [-0.39, 0.29) is 0 Å². The lowest BCUT2D eigenvalue weighted by Crippen LogP contribution is -2.28. The monoisotopic (exact) mass is 222 g/mol. The number of methoxy groups -OCH3 is 1. The molecule has 16 heavy (non-hydrogen) atoms. The SMILES string of the molecule is COc1cnc(C)cc1NC1CCOCC1. The number of ether oxygens (including phenoxy) is 2. The quantitative estimate of drug-likeness (QED) is 0.849. The summed E-state index contributed by atoms with van der Waals surface area (Å²) in [7, 11) is 1.67. The Kier molecular flexibility index (Phi) is 3.62. The Hall–Kier alpha value is -1.29. The second-order valence-electron chi connectivity index (χ2n) is 4.06. The summed E-state index contributed by atoms with van der Waals surface area (Å²) in [6, 6.07) is 2.50. The van der Waals surface area contributed by atoms with Crippen molar-refractivity contribution in [3.8, 4) is 5.75 Å². The molecule has 4 heteroatoms. The minimum atomic E-state index is 0.476. The highest BCUT2D eigenvalue weighted by Gasteiger charge is 2.15. The third kappa shape index (κ3) is 2.64. The molecule has 1 aliphatic rings. The first-order chi connectivity index (χ1) is 7.79. The van der Waals surface area contributed by atoms with E-state index in [1.807, 2.05) is 13.0 Å². The molecule has 1 aliphatic heterocycles. The van der Waals surface area contributed by atoms with Crippen LogP contribution in [0.5, 0.6) is 5.75 Å². The molecule has 0 radical (unpaired) electrons. The summed E-state index contributed by atoms with van der Waals surface area (Å²) in [5.74, 6) is 0.803. The Morgan fingerprint density at radius 1 is 1.44 bits per heavy atom. The van der Waals surface area contributed by atoms with Crippen molar-refractivity contribution in [2.24, 2.45) is 0 Å². The van der Waals surface area contributed by atoms with Gasteiger partial charge < -0.3 is 14.8 Å². The van der Waals surface area contributed by atoms with E-state index in [1.165, 1.54) is 0 Å². The molecule has 0 atom stereocenters. The number of nitrogens with one attached hydrogen (secondary N) is 1. The summed E-state index contributed by atoms with van der Waals surface area (Å²) in [6.07, 6.45) is 3.85. The van der Waals surface area contributed by atoms with Crippen LogP contribution in [0.3, 0.4) is 0 Å². The average Bonchev–Trinajstić information content (AvgIpc) is 2.31. The maximum atomic E-state index is 5.33. The highest BCUT2D eigenvalue weighted by atomic mass is 16.5. The summed E-state index contributed by atoms with van der Waals surface area (Å²) in [5, 5.41) is 3.50. The van der Waals surface area contributed by atoms with Gasteiger partial charge in [-0.2, -0.15) is 0 Å². The average molecular weight is 222 g/mol. The first-order valence-electron chi connectivity index (χ1n) is 5.64. The van der Waals surface area contributed by atoms with Crippen LogP contribution in [-0.2, 0) is 4.74 Å². The van der Waals surface area contributed by atoms with Gasteiger partial charge in [-0.3, -0.25) is 4.98 Å². The molecule has 1 aromatic heterocycles. The molecule has 1 N–H and O–H groups in total. The van der Waals surface area contributed by atoms with Crippen LogP contribution in [-0.4, -0.2) is 31.3 Å². The zero-order valence-corrected chi connectivity index (χ0v) is 9.82. The van der Waals surface area contributed by atoms with Gasteiger partial charge in [0.25, 0.3) is 0 Å². The molecule has 1 aromatic rings. The second-order valence-corrected chi connectivity index (χ2v) is 4.06. The van der Waals surface area contributed by atoms with Gasteiger partial charge in [-0.05, 0) is 25.8 Å². The maximum absolute atomic E-state index is 5.33. The fraction of sp³-hybridized carbons (Fsp3) is 0.583. The molecule has 0 amide bonds. The van der Waals surface area contributed by atoms with E-state index >= 15 is 0 Å². The van der Waals surface area contributed by atoms with Gasteiger partial charge in [0.05, 0.1) is 19.0 Å². The van der Waals surface area contributed by atoms with Crippen LogP contribution in [0.1, 0.15) is 18.5 Å². The number of aromatic nitrogens is 1. The van der Waals surface area contributed by atoms with Gasteiger partial charge in [0.15, 0.2) is 5.75 Å². The lowest BCUT2D eigenvalue weighted by molar-refractivity contribution is 0.0904. The van der Waals surface area contributed by atoms with Crippen LogP contribution in [0, 0.1) is 6.92 Å². The first-order valence-corrected chi connectivity index (χ1v) is 5.64. The highest BCUT2D eigenvalue weighted by molar-refractivity contribution is 5.56. The van der Waals surface area contributed by atoms with Crippen molar-refractivity contribution in [2.45, 2.75) is 25.8 Å². The number of rotatable bonds is 3. The van der Waals surface area contributed by atoms with Crippen LogP contribution < -0.4 is 10.1 Å². The number of nitrogens with zero attached hydrogens (tertiary/aromatic N) is 1. The normalized spacial score (nSPS) is 17.1. The van der Waals surface area contributed by atoms with Gasteiger partial charge in [-0.15, -0.1) is 0 Å². The molecule has 0 spiro atoms. The highest BCUT2D eigenvalue weighted by Crippen LogP contribution is 2.25. The minimum Gasteiger partial charge on any atom is -0.493 e. The van der Waals surface area contributed by atoms with E-state index in [9.17, 15) is 0 Å². The largest absolute Gasteiger partial charge is 0.493 e. The van der Waals surface area contributed by atoms with Crippen LogP contribution in [0.25, 0.3) is 0 Å². The van der Waals surface area contributed by atoms with E-state index in [1.54, 1.807) is 13.3 Å². The molecule has 2 heterocycles. The number of pyridine rings is 1. The predicted molar refractivity (Wildman–Crippen MR) is 63.0 cm³/mol. The van der Waals surface area contributed by atoms with Crippen molar-refractivity contribution in [2.75, 3.05) is 25.6 Å². The van der Waals surface area contributed by atoms with Gasteiger partial charge in [0.2, 0.25) is 0 Å². The molecule has 4 nitrogen and oxygen atoms in total. The van der Waals surface area contributed by atoms with E-state index in [2.05, 4.69) is 10.3 Å². The molecule has 0 aliphatic carbocycles. The molecule has 1 saturated heterocycles. The standard InChI is InChI=1S/C12H18N2O2/c1-9-7-11(12(15-2)8-13-9)14-10-3-5-16-6-4-10/h7-8,10H,3-6H2,1-2H3,(H,13,14).